The van der Waals surface area contributed by atoms with E-state index < -0.39 is 0 Å². The number of nitrogens with zero attached hydrogens (tertiary/aromatic N) is 3. The van der Waals surface area contributed by atoms with Crippen LogP contribution in [0.15, 0.2) is 29.6 Å². The summed E-state index contributed by atoms with van der Waals surface area (Å²) < 4.78 is 0. The molecule has 7 heteroatoms. The molecule has 0 spiro atoms. The molecule has 1 amide bonds. The molecule has 1 aromatic carbocycles. The van der Waals surface area contributed by atoms with Crippen LogP contribution in [0.5, 0.6) is 0 Å². The number of amides is 1. The molecule has 0 bridgehead atoms. The van der Waals surface area contributed by atoms with Gasteiger partial charge in [0, 0.05) is 48.3 Å². The Balaban J connectivity index is 1.58. The molecule has 1 aliphatic heterocycles. The Labute approximate surface area is 157 Å². The third-order valence-electron chi connectivity index (χ3n) is 4.46. The number of nitrogens with one attached hydrogen (secondary N) is 1. The van der Waals surface area contributed by atoms with Crippen molar-refractivity contribution in [1.29, 1.82) is 0 Å². The van der Waals surface area contributed by atoms with Gasteiger partial charge in [-0.2, -0.15) is 0 Å². The molecular formula is C18H23ClN4OS. The zero-order valence-electron chi connectivity index (χ0n) is 14.5. The lowest BCUT2D eigenvalue weighted by Crippen LogP contribution is -2.46. The first kappa shape index (κ1) is 18.0. The number of hydrogen-bond donors (Lipinski definition) is 1. The number of carbonyl (C=O) groups excluding carboxylic acids is 1. The predicted octanol–water partition coefficient (Wildman–Crippen LogP) is 3.65. The first-order chi connectivity index (χ1) is 12.1. The Morgan fingerprint density at radius 2 is 1.88 bits per heavy atom. The maximum absolute atomic E-state index is 12.2. The Hall–Kier alpha value is -1.79. The third-order valence-corrected chi connectivity index (χ3v) is 5.61. The van der Waals surface area contributed by atoms with Gasteiger partial charge in [0.2, 0.25) is 0 Å². The standard InChI is InChI=1S/C18H23ClN4OS/c1-3-13(2)20-17(24)16-12-25-18(21-16)23-10-8-22(9-11-23)15-6-4-14(19)5-7-15/h4-7,12-13H,3,8-11H2,1-2H3,(H,20,24)/t13-/m0/s1. The lowest BCUT2D eigenvalue weighted by atomic mass is 10.2. The van der Waals surface area contributed by atoms with Crippen LogP contribution in [0.3, 0.4) is 0 Å². The van der Waals surface area contributed by atoms with E-state index >= 15 is 0 Å². The van der Waals surface area contributed by atoms with Crippen LogP contribution >= 0.6 is 22.9 Å². The van der Waals surface area contributed by atoms with Gasteiger partial charge in [-0.1, -0.05) is 18.5 Å². The van der Waals surface area contributed by atoms with Crippen LogP contribution in [0, 0.1) is 0 Å². The molecule has 0 unspecified atom stereocenters. The molecular weight excluding hydrogens is 356 g/mol. The number of carbonyl (C=O) groups is 1. The Morgan fingerprint density at radius 1 is 1.24 bits per heavy atom. The van der Waals surface area contributed by atoms with Crippen LogP contribution in [-0.2, 0) is 0 Å². The lowest BCUT2D eigenvalue weighted by molar-refractivity contribution is 0.0935. The van der Waals surface area contributed by atoms with Crippen LogP contribution in [0.25, 0.3) is 0 Å². The van der Waals surface area contributed by atoms with Crippen LogP contribution in [0.1, 0.15) is 30.8 Å². The molecule has 2 heterocycles. The zero-order valence-corrected chi connectivity index (χ0v) is 16.1. The second-order valence-electron chi connectivity index (χ2n) is 6.25. The van der Waals surface area contributed by atoms with E-state index in [1.807, 2.05) is 24.4 Å². The summed E-state index contributed by atoms with van der Waals surface area (Å²) >= 11 is 7.49. The van der Waals surface area contributed by atoms with E-state index in [0.29, 0.717) is 5.69 Å². The minimum Gasteiger partial charge on any atom is -0.368 e. The van der Waals surface area contributed by atoms with E-state index in [-0.39, 0.29) is 11.9 Å². The number of hydrogen-bond acceptors (Lipinski definition) is 5. The van der Waals surface area contributed by atoms with E-state index in [2.05, 4.69) is 39.2 Å². The van der Waals surface area contributed by atoms with Gasteiger partial charge in [-0.15, -0.1) is 11.3 Å². The van der Waals surface area contributed by atoms with Crippen molar-refractivity contribution < 1.29 is 4.79 Å². The van der Waals surface area contributed by atoms with Crippen molar-refractivity contribution in [1.82, 2.24) is 10.3 Å². The molecule has 1 saturated heterocycles. The highest BCUT2D eigenvalue weighted by Crippen LogP contribution is 2.24. The van der Waals surface area contributed by atoms with Gasteiger partial charge in [-0.3, -0.25) is 4.79 Å². The first-order valence-corrected chi connectivity index (χ1v) is 9.84. The first-order valence-electron chi connectivity index (χ1n) is 8.58. The molecule has 1 N–H and O–H groups in total. The predicted molar refractivity (Wildman–Crippen MR) is 105 cm³/mol. The lowest BCUT2D eigenvalue weighted by Gasteiger charge is -2.36. The maximum atomic E-state index is 12.2. The summed E-state index contributed by atoms with van der Waals surface area (Å²) in [4.78, 5) is 21.3. The van der Waals surface area contributed by atoms with Crippen molar-refractivity contribution in [2.24, 2.45) is 0 Å². The zero-order chi connectivity index (χ0) is 17.8. The second kappa shape index (κ2) is 8.06. The van der Waals surface area contributed by atoms with Crippen molar-refractivity contribution in [3.8, 4) is 0 Å². The van der Waals surface area contributed by atoms with Gasteiger partial charge < -0.3 is 15.1 Å². The summed E-state index contributed by atoms with van der Waals surface area (Å²) in [5, 5.41) is 6.49. The van der Waals surface area contributed by atoms with Crippen molar-refractivity contribution >= 4 is 39.7 Å². The third kappa shape index (κ3) is 4.44. The number of thiazole rings is 1. The smallest absolute Gasteiger partial charge is 0.271 e. The summed E-state index contributed by atoms with van der Waals surface area (Å²) in [5.41, 5.74) is 1.71. The highest BCUT2D eigenvalue weighted by Gasteiger charge is 2.21. The number of rotatable bonds is 5. The van der Waals surface area contributed by atoms with Gasteiger partial charge in [0.1, 0.15) is 5.69 Å². The largest absolute Gasteiger partial charge is 0.368 e. The highest BCUT2D eigenvalue weighted by atomic mass is 35.5. The van der Waals surface area contributed by atoms with Crippen LogP contribution in [0.2, 0.25) is 5.02 Å². The minimum absolute atomic E-state index is 0.0864. The van der Waals surface area contributed by atoms with Gasteiger partial charge in [0.25, 0.3) is 5.91 Å². The van der Waals surface area contributed by atoms with Gasteiger partial charge in [0.15, 0.2) is 5.13 Å². The molecule has 0 radical (unpaired) electrons. The average Bonchev–Trinajstić information content (AvgIpc) is 3.13. The fraction of sp³-hybridized carbons (Fsp3) is 0.444. The van der Waals surface area contributed by atoms with E-state index in [0.717, 1.165) is 42.8 Å². The van der Waals surface area contributed by atoms with E-state index in [1.54, 1.807) is 0 Å². The summed E-state index contributed by atoms with van der Waals surface area (Å²) in [6.45, 7) is 7.69. The highest BCUT2D eigenvalue weighted by molar-refractivity contribution is 7.13. The van der Waals surface area contributed by atoms with Gasteiger partial charge in [-0.05, 0) is 37.6 Å². The fourth-order valence-electron chi connectivity index (χ4n) is 2.72. The average molecular weight is 379 g/mol. The Morgan fingerprint density at radius 3 is 2.52 bits per heavy atom. The number of aromatic nitrogens is 1. The van der Waals surface area contributed by atoms with Crippen molar-refractivity contribution in [2.45, 2.75) is 26.3 Å². The molecule has 0 saturated carbocycles. The van der Waals surface area contributed by atoms with Crippen molar-refractivity contribution in [2.75, 3.05) is 36.0 Å². The monoisotopic (exact) mass is 378 g/mol. The molecule has 1 atom stereocenters. The maximum Gasteiger partial charge on any atom is 0.271 e. The van der Waals surface area contributed by atoms with Gasteiger partial charge in [0.05, 0.1) is 0 Å². The number of benzene rings is 1. The van der Waals surface area contributed by atoms with Gasteiger partial charge >= 0.3 is 0 Å². The quantitative estimate of drug-likeness (QED) is 0.862. The van der Waals surface area contributed by atoms with Crippen LogP contribution < -0.4 is 15.1 Å². The number of anilines is 2. The van der Waals surface area contributed by atoms with E-state index in [1.165, 1.54) is 17.0 Å². The normalized spacial score (nSPS) is 16.0. The molecule has 2 aromatic rings. The van der Waals surface area contributed by atoms with Gasteiger partial charge in [-0.25, -0.2) is 4.98 Å². The molecule has 25 heavy (non-hydrogen) atoms. The topological polar surface area (TPSA) is 48.5 Å². The second-order valence-corrected chi connectivity index (χ2v) is 7.52. The summed E-state index contributed by atoms with van der Waals surface area (Å²) in [6.07, 6.45) is 0.912. The molecule has 1 fully saturated rings. The summed E-state index contributed by atoms with van der Waals surface area (Å²) in [6, 6.07) is 8.12. The van der Waals surface area contributed by atoms with E-state index in [9.17, 15) is 4.79 Å². The number of piperazine rings is 1. The molecule has 134 valence electrons. The van der Waals surface area contributed by atoms with Crippen LogP contribution in [0.4, 0.5) is 10.8 Å². The molecule has 0 aliphatic carbocycles. The Bertz CT molecular complexity index is 710. The van der Waals surface area contributed by atoms with E-state index in [4.69, 9.17) is 11.6 Å². The molecule has 3 rings (SSSR count). The van der Waals surface area contributed by atoms with Crippen molar-refractivity contribution in [3.63, 3.8) is 0 Å². The fourth-order valence-corrected chi connectivity index (χ4v) is 3.71. The summed E-state index contributed by atoms with van der Waals surface area (Å²) in [5.74, 6) is -0.0864. The van der Waals surface area contributed by atoms with Crippen LogP contribution in [-0.4, -0.2) is 43.1 Å². The molecule has 1 aliphatic rings. The summed E-state index contributed by atoms with van der Waals surface area (Å²) in [7, 11) is 0. The molecule has 5 nitrogen and oxygen atoms in total. The number of halogens is 1. The Kier molecular flexibility index (Phi) is 5.81. The van der Waals surface area contributed by atoms with Crippen molar-refractivity contribution in [3.05, 3.63) is 40.4 Å². The SMILES string of the molecule is CC[C@H](C)NC(=O)c1csc(N2CCN(c3ccc(Cl)cc3)CC2)n1. The minimum atomic E-state index is -0.0864. The molecule has 1 aromatic heterocycles.